The van der Waals surface area contributed by atoms with Crippen molar-refractivity contribution in [3.05, 3.63) is 0 Å². The van der Waals surface area contributed by atoms with E-state index in [1.165, 1.54) is 4.97 Å². The molecule has 0 saturated carbocycles. The van der Waals surface area contributed by atoms with Gasteiger partial charge in [-0.25, -0.2) is 0 Å². The minimum absolute atomic E-state index is 0.597. The second-order valence-electron chi connectivity index (χ2n) is 0.656. The first kappa shape index (κ1) is 10.0. The van der Waals surface area contributed by atoms with Crippen molar-refractivity contribution in [2.24, 2.45) is 11.5 Å². The fourth-order valence-corrected chi connectivity index (χ4v) is 0. The first-order chi connectivity index (χ1) is 3.33. The van der Waals surface area contributed by atoms with Gasteiger partial charge >= 0.3 is 26.2 Å². The molecule has 0 saturated heterocycles. The topological polar surface area (TPSA) is 75.8 Å². The summed E-state index contributed by atoms with van der Waals surface area (Å²) in [7, 11) is 0. The minimum atomic E-state index is 0.597. The minimum Gasteiger partial charge on any atom is -0.329 e. The van der Waals surface area contributed by atoms with Crippen molar-refractivity contribution in [2.75, 3.05) is 13.1 Å². The average molecular weight is 142 g/mol. The molecule has 7 heavy (non-hydrogen) atoms. The van der Waals surface area contributed by atoms with Crippen LogP contribution in [0.25, 0.3) is 0 Å². The van der Waals surface area contributed by atoms with Gasteiger partial charge in [-0.2, -0.15) is 0 Å². The van der Waals surface area contributed by atoms with Crippen molar-refractivity contribution < 1.29 is 16.0 Å². The molecule has 3 nitrogen and oxygen atoms in total. The molecule has 4 heteroatoms. The Morgan fingerprint density at radius 2 is 1.57 bits per heavy atom. The van der Waals surface area contributed by atoms with E-state index < -0.39 is 0 Å². The first-order valence-corrected chi connectivity index (χ1v) is 2.27. The quantitative estimate of drug-likeness (QED) is 0.457. The van der Waals surface area contributed by atoms with Crippen LogP contribution in [0.1, 0.15) is 0 Å². The summed E-state index contributed by atoms with van der Waals surface area (Å²) in [6, 6.07) is 0. The van der Waals surface area contributed by atoms with Gasteiger partial charge in [-0.3, -0.25) is 0 Å². The van der Waals surface area contributed by atoms with Crippen LogP contribution in [0.2, 0.25) is 0 Å². The van der Waals surface area contributed by atoms with Crippen LogP contribution in [0, 0.1) is 10.2 Å². The maximum absolute atomic E-state index is 7.21. The second kappa shape index (κ2) is 16.8. The zero-order valence-electron chi connectivity index (χ0n) is 3.87. The van der Waals surface area contributed by atoms with E-state index in [9.17, 15) is 0 Å². The standard InChI is InChI=1S/C2H8N2.CN.Fe/c3-1-2-4;1-2;/h1-4H2;;. The molecule has 4 N–H and O–H groups in total. The molecule has 0 bridgehead atoms. The molecule has 0 aliphatic heterocycles. The molecule has 0 radical (unpaired) electrons. The van der Waals surface area contributed by atoms with E-state index in [0.29, 0.717) is 13.1 Å². The van der Waals surface area contributed by atoms with Gasteiger partial charge in [-0.05, 0) is 0 Å². The summed E-state index contributed by atoms with van der Waals surface area (Å²) in [5, 5.41) is 7.21. The van der Waals surface area contributed by atoms with E-state index in [-0.39, 0.29) is 0 Å². The van der Waals surface area contributed by atoms with Crippen LogP contribution in [0.3, 0.4) is 0 Å². The monoisotopic (exact) mass is 142 g/mol. The Morgan fingerprint density at radius 3 is 1.57 bits per heavy atom. The van der Waals surface area contributed by atoms with Gasteiger partial charge in [0.05, 0.1) is 0 Å². The Hall–Kier alpha value is -0.0705. The Labute approximate surface area is 51.5 Å². The maximum Gasteiger partial charge on any atom is 0.00461 e. The van der Waals surface area contributed by atoms with Crippen molar-refractivity contribution in [1.29, 1.82) is 5.26 Å². The molecule has 43 valence electrons. The number of hydrogen-bond donors (Lipinski definition) is 2. The maximum atomic E-state index is 7.21. The fraction of sp³-hybridized carbons (Fsp3) is 0.667. The van der Waals surface area contributed by atoms with E-state index in [0.717, 1.165) is 0 Å². The zero-order valence-corrected chi connectivity index (χ0v) is 4.97. The Balaban J connectivity index is 0. The third-order valence-electron chi connectivity index (χ3n) is 0.167. The zero-order chi connectivity index (χ0) is 6.12. The molecular weight excluding hydrogens is 134 g/mol. The van der Waals surface area contributed by atoms with Gasteiger partial charge in [0.1, 0.15) is 0 Å². The second-order valence-corrected chi connectivity index (χ2v) is 0.903. The average Bonchev–Trinajstić information content (AvgIpc) is 1.69. The summed E-state index contributed by atoms with van der Waals surface area (Å²) in [5.41, 5.74) is 9.81. The van der Waals surface area contributed by atoms with Crippen LogP contribution in [0.5, 0.6) is 0 Å². The van der Waals surface area contributed by atoms with Crippen molar-refractivity contribution >= 4 is 0 Å². The van der Waals surface area contributed by atoms with Gasteiger partial charge in [0.25, 0.3) is 0 Å². The molecular formula is C3H8FeN3. The normalized spacial score (nSPS) is 5.43. The SMILES string of the molecule is N#[C][Fe].NCCN. The molecule has 0 aromatic carbocycles. The molecule has 0 aliphatic rings. The van der Waals surface area contributed by atoms with Crippen molar-refractivity contribution in [1.82, 2.24) is 0 Å². The van der Waals surface area contributed by atoms with E-state index in [2.05, 4.69) is 16.0 Å². The van der Waals surface area contributed by atoms with Gasteiger partial charge in [-0.15, -0.1) is 0 Å². The molecule has 0 aromatic heterocycles. The molecule has 0 rings (SSSR count). The van der Waals surface area contributed by atoms with Gasteiger partial charge in [0.15, 0.2) is 0 Å². The number of nitrogens with zero attached hydrogens (tertiary/aromatic N) is 1. The predicted molar refractivity (Wildman–Crippen MR) is 23.7 cm³/mol. The summed E-state index contributed by atoms with van der Waals surface area (Å²) in [4.78, 5) is 1.50. The summed E-state index contributed by atoms with van der Waals surface area (Å²) in [5.74, 6) is 0. The van der Waals surface area contributed by atoms with Crippen LogP contribution in [0.4, 0.5) is 0 Å². The predicted octanol–water partition coefficient (Wildman–Crippen LogP) is -1.08. The molecule has 0 heterocycles. The van der Waals surface area contributed by atoms with Gasteiger partial charge < -0.3 is 11.5 Å². The summed E-state index contributed by atoms with van der Waals surface area (Å²) < 4.78 is 0. The van der Waals surface area contributed by atoms with E-state index in [1.54, 1.807) is 0 Å². The van der Waals surface area contributed by atoms with E-state index in [4.69, 9.17) is 16.7 Å². The molecule has 0 amide bonds. The summed E-state index contributed by atoms with van der Waals surface area (Å²) in [6.07, 6.45) is 0. The largest absolute Gasteiger partial charge is 0.329 e. The van der Waals surface area contributed by atoms with Crippen LogP contribution in [-0.2, 0) is 16.0 Å². The van der Waals surface area contributed by atoms with Crippen LogP contribution in [-0.4, -0.2) is 13.1 Å². The third kappa shape index (κ3) is 106. The summed E-state index contributed by atoms with van der Waals surface area (Å²) in [6.45, 7) is 1.19. The van der Waals surface area contributed by atoms with Crippen LogP contribution >= 0.6 is 0 Å². The van der Waals surface area contributed by atoms with Crippen LogP contribution in [0.15, 0.2) is 0 Å². The van der Waals surface area contributed by atoms with Gasteiger partial charge in [0, 0.05) is 13.1 Å². The van der Waals surface area contributed by atoms with Gasteiger partial charge in [0.2, 0.25) is 0 Å². The third-order valence-corrected chi connectivity index (χ3v) is 0.167. The van der Waals surface area contributed by atoms with Crippen LogP contribution < -0.4 is 11.5 Å². The number of nitriles is 1. The Morgan fingerprint density at radius 1 is 1.43 bits per heavy atom. The fourth-order valence-electron chi connectivity index (χ4n) is 0. The number of hydrogen-bond acceptors (Lipinski definition) is 3. The Kier molecular flexibility index (Phi) is 24.0. The molecule has 0 aliphatic carbocycles. The first-order valence-electron chi connectivity index (χ1n) is 1.72. The summed E-state index contributed by atoms with van der Waals surface area (Å²) >= 11 is 2.79. The molecule has 0 aromatic rings. The van der Waals surface area contributed by atoms with E-state index >= 15 is 0 Å². The smallest absolute Gasteiger partial charge is 0.00461 e. The van der Waals surface area contributed by atoms with Crippen molar-refractivity contribution in [3.63, 3.8) is 0 Å². The number of rotatable bonds is 1. The molecule has 0 spiro atoms. The van der Waals surface area contributed by atoms with Gasteiger partial charge in [-0.1, -0.05) is 0 Å². The molecule has 0 atom stereocenters. The Bertz CT molecular complexity index is 46.6. The van der Waals surface area contributed by atoms with E-state index in [1.807, 2.05) is 0 Å². The molecule has 0 fully saturated rings. The van der Waals surface area contributed by atoms with Crippen molar-refractivity contribution in [3.8, 4) is 4.97 Å². The number of nitrogens with two attached hydrogens (primary N) is 2. The molecule has 0 unspecified atom stereocenters. The van der Waals surface area contributed by atoms with Crippen molar-refractivity contribution in [2.45, 2.75) is 0 Å².